The van der Waals surface area contributed by atoms with Crippen LogP contribution >= 0.6 is 0 Å². The van der Waals surface area contributed by atoms with E-state index in [1.54, 1.807) is 18.3 Å². The van der Waals surface area contributed by atoms with Crippen LogP contribution in [0.3, 0.4) is 0 Å². The summed E-state index contributed by atoms with van der Waals surface area (Å²) in [5, 5.41) is 8.43. The van der Waals surface area contributed by atoms with Crippen molar-refractivity contribution in [2.24, 2.45) is 5.10 Å². The third-order valence-corrected chi connectivity index (χ3v) is 3.83. The van der Waals surface area contributed by atoms with Crippen LogP contribution in [0.1, 0.15) is 32.9 Å². The summed E-state index contributed by atoms with van der Waals surface area (Å²) in [6.45, 7) is 4.70. The van der Waals surface area contributed by atoms with Gasteiger partial charge < -0.3 is 0 Å². The average molecular weight is 332 g/mol. The first-order valence-corrected chi connectivity index (χ1v) is 8.10. The lowest BCUT2D eigenvalue weighted by molar-refractivity contribution is 0.0955. The molecule has 0 bridgehead atoms. The van der Waals surface area contributed by atoms with Crippen LogP contribution in [0.5, 0.6) is 0 Å². The molecule has 0 atom stereocenters. The Hall–Kier alpha value is -3.21. The normalized spacial score (nSPS) is 11.0. The number of carbonyl (C=O) groups excluding carboxylic acids is 1. The van der Waals surface area contributed by atoms with Gasteiger partial charge >= 0.3 is 0 Å². The zero-order valence-corrected chi connectivity index (χ0v) is 14.3. The molecule has 0 saturated heterocycles. The maximum atomic E-state index is 12.1. The molecule has 0 spiro atoms. The van der Waals surface area contributed by atoms with E-state index in [0.717, 1.165) is 22.5 Å². The van der Waals surface area contributed by atoms with E-state index in [1.807, 2.05) is 67.1 Å². The molecule has 2 aromatic carbocycles. The van der Waals surface area contributed by atoms with Gasteiger partial charge in [-0.1, -0.05) is 42.5 Å². The quantitative estimate of drug-likeness (QED) is 0.575. The molecule has 5 nitrogen and oxygen atoms in total. The van der Waals surface area contributed by atoms with Gasteiger partial charge in [0.2, 0.25) is 0 Å². The molecule has 1 aromatic heterocycles. The maximum Gasteiger partial charge on any atom is 0.271 e. The Morgan fingerprint density at radius 1 is 1.12 bits per heavy atom. The SMILES string of the molecule is Cc1cc(C)n(Cc2ccc(C(=O)N/N=C\c3ccccc3)cc2)n1. The largest absolute Gasteiger partial charge is 0.271 e. The second-order valence-electron chi connectivity index (χ2n) is 5.89. The number of nitrogens with one attached hydrogen (secondary N) is 1. The maximum absolute atomic E-state index is 12.1. The predicted octanol–water partition coefficient (Wildman–Crippen LogP) is 3.31. The Morgan fingerprint density at radius 3 is 2.48 bits per heavy atom. The van der Waals surface area contributed by atoms with Crippen LogP contribution in [0.25, 0.3) is 0 Å². The Labute approximate surface area is 147 Å². The molecular formula is C20H20N4O. The lowest BCUT2D eigenvalue weighted by atomic mass is 10.1. The zero-order valence-electron chi connectivity index (χ0n) is 14.3. The summed E-state index contributed by atoms with van der Waals surface area (Å²) < 4.78 is 1.95. The van der Waals surface area contributed by atoms with Gasteiger partial charge in [0.05, 0.1) is 18.5 Å². The van der Waals surface area contributed by atoms with E-state index < -0.39 is 0 Å². The Kier molecular flexibility index (Phi) is 5.04. The predicted molar refractivity (Wildman–Crippen MR) is 98.7 cm³/mol. The Morgan fingerprint density at radius 2 is 1.84 bits per heavy atom. The fourth-order valence-corrected chi connectivity index (χ4v) is 2.54. The summed E-state index contributed by atoms with van der Waals surface area (Å²) in [5.74, 6) is -0.232. The van der Waals surface area contributed by atoms with Crippen molar-refractivity contribution in [3.05, 3.63) is 88.7 Å². The molecule has 1 N–H and O–H groups in total. The van der Waals surface area contributed by atoms with Crippen LogP contribution < -0.4 is 5.43 Å². The summed E-state index contributed by atoms with van der Waals surface area (Å²) in [6, 6.07) is 19.1. The molecule has 0 aliphatic heterocycles. The van der Waals surface area contributed by atoms with E-state index in [2.05, 4.69) is 15.6 Å². The summed E-state index contributed by atoms with van der Waals surface area (Å²) in [5.41, 5.74) is 7.26. The second kappa shape index (κ2) is 7.57. The summed E-state index contributed by atoms with van der Waals surface area (Å²) in [7, 11) is 0. The van der Waals surface area contributed by atoms with Crippen molar-refractivity contribution < 1.29 is 4.79 Å². The molecule has 126 valence electrons. The van der Waals surface area contributed by atoms with Crippen molar-refractivity contribution in [2.45, 2.75) is 20.4 Å². The van der Waals surface area contributed by atoms with E-state index in [1.165, 1.54) is 0 Å². The molecule has 0 unspecified atom stereocenters. The van der Waals surface area contributed by atoms with Crippen molar-refractivity contribution >= 4 is 12.1 Å². The number of hydrogen-bond donors (Lipinski definition) is 1. The van der Waals surface area contributed by atoms with Crippen LogP contribution in [0.2, 0.25) is 0 Å². The number of carbonyl (C=O) groups is 1. The number of rotatable bonds is 5. The fraction of sp³-hybridized carbons (Fsp3) is 0.150. The number of aryl methyl sites for hydroxylation is 2. The third kappa shape index (κ3) is 4.41. The van der Waals surface area contributed by atoms with E-state index in [9.17, 15) is 4.79 Å². The second-order valence-corrected chi connectivity index (χ2v) is 5.89. The molecular weight excluding hydrogens is 312 g/mol. The molecule has 1 amide bonds. The van der Waals surface area contributed by atoms with E-state index in [4.69, 9.17) is 0 Å². The Bertz CT molecular complexity index is 880. The highest BCUT2D eigenvalue weighted by molar-refractivity contribution is 5.94. The zero-order chi connectivity index (χ0) is 17.6. The minimum absolute atomic E-state index is 0.232. The fourth-order valence-electron chi connectivity index (χ4n) is 2.54. The molecule has 3 aromatic rings. The standard InChI is InChI=1S/C20H20N4O/c1-15-12-16(2)24(23-15)14-18-8-10-19(11-9-18)20(25)22-21-13-17-6-4-3-5-7-17/h3-13H,14H2,1-2H3,(H,22,25)/b21-13-. The number of hydrogen-bond acceptors (Lipinski definition) is 3. The van der Waals surface area contributed by atoms with Gasteiger partial charge in [0.1, 0.15) is 0 Å². The topological polar surface area (TPSA) is 59.3 Å². The van der Waals surface area contributed by atoms with Crippen molar-refractivity contribution in [1.29, 1.82) is 0 Å². The number of amides is 1. The molecule has 1 heterocycles. The van der Waals surface area contributed by atoms with Crippen molar-refractivity contribution in [3.63, 3.8) is 0 Å². The van der Waals surface area contributed by atoms with Gasteiger partial charge in [0.25, 0.3) is 5.91 Å². The minimum atomic E-state index is -0.232. The van der Waals surface area contributed by atoms with Crippen LogP contribution in [0.15, 0.2) is 65.8 Å². The number of nitrogens with zero attached hydrogens (tertiary/aromatic N) is 3. The van der Waals surface area contributed by atoms with Crippen LogP contribution in [0.4, 0.5) is 0 Å². The smallest absolute Gasteiger partial charge is 0.267 e. The summed E-state index contributed by atoms with van der Waals surface area (Å²) in [6.07, 6.45) is 1.62. The lowest BCUT2D eigenvalue weighted by Crippen LogP contribution is -2.17. The summed E-state index contributed by atoms with van der Waals surface area (Å²) in [4.78, 5) is 12.1. The van der Waals surface area contributed by atoms with Gasteiger partial charge in [-0.2, -0.15) is 10.2 Å². The minimum Gasteiger partial charge on any atom is -0.267 e. The lowest BCUT2D eigenvalue weighted by Gasteiger charge is -2.06. The van der Waals surface area contributed by atoms with Crippen molar-refractivity contribution in [1.82, 2.24) is 15.2 Å². The first-order valence-electron chi connectivity index (χ1n) is 8.10. The molecule has 5 heteroatoms. The van der Waals surface area contributed by atoms with E-state index >= 15 is 0 Å². The molecule has 0 aliphatic rings. The molecule has 0 aliphatic carbocycles. The van der Waals surface area contributed by atoms with Gasteiger partial charge in [-0.25, -0.2) is 5.43 Å². The average Bonchev–Trinajstić information content (AvgIpc) is 2.93. The van der Waals surface area contributed by atoms with E-state index in [-0.39, 0.29) is 5.91 Å². The highest BCUT2D eigenvalue weighted by atomic mass is 16.2. The monoisotopic (exact) mass is 332 g/mol. The Balaban J connectivity index is 1.60. The van der Waals surface area contributed by atoms with Gasteiger partial charge in [0.15, 0.2) is 0 Å². The molecule has 3 rings (SSSR count). The number of benzene rings is 2. The molecule has 0 radical (unpaired) electrons. The van der Waals surface area contributed by atoms with Gasteiger partial charge in [-0.3, -0.25) is 9.48 Å². The first-order chi connectivity index (χ1) is 12.1. The van der Waals surface area contributed by atoms with Crippen LogP contribution in [-0.4, -0.2) is 21.9 Å². The molecule has 0 fully saturated rings. The van der Waals surface area contributed by atoms with Crippen LogP contribution in [0, 0.1) is 13.8 Å². The number of hydrazone groups is 1. The van der Waals surface area contributed by atoms with Crippen LogP contribution in [-0.2, 0) is 6.54 Å². The number of aromatic nitrogens is 2. The van der Waals surface area contributed by atoms with Gasteiger partial charge in [0, 0.05) is 11.3 Å². The van der Waals surface area contributed by atoms with Crippen molar-refractivity contribution in [3.8, 4) is 0 Å². The van der Waals surface area contributed by atoms with Gasteiger partial charge in [-0.15, -0.1) is 0 Å². The third-order valence-electron chi connectivity index (χ3n) is 3.83. The molecule has 25 heavy (non-hydrogen) atoms. The molecule has 0 saturated carbocycles. The van der Waals surface area contributed by atoms with Crippen molar-refractivity contribution in [2.75, 3.05) is 0 Å². The summed E-state index contributed by atoms with van der Waals surface area (Å²) >= 11 is 0. The highest BCUT2D eigenvalue weighted by Gasteiger charge is 2.06. The van der Waals surface area contributed by atoms with Gasteiger partial charge in [-0.05, 0) is 43.2 Å². The van der Waals surface area contributed by atoms with E-state index in [0.29, 0.717) is 12.1 Å². The first kappa shape index (κ1) is 16.6. The highest BCUT2D eigenvalue weighted by Crippen LogP contribution is 2.09.